The number of aromatic nitrogens is 1. The lowest BCUT2D eigenvalue weighted by Gasteiger charge is -2.35. The number of rotatable bonds is 2. The number of amides is 1. The van der Waals surface area contributed by atoms with E-state index in [1.54, 1.807) is 12.3 Å². The maximum atomic E-state index is 12.1. The zero-order valence-corrected chi connectivity index (χ0v) is 11.1. The van der Waals surface area contributed by atoms with Gasteiger partial charge in [-0.3, -0.25) is 9.78 Å². The zero-order chi connectivity index (χ0) is 13.2. The minimum Gasteiger partial charge on any atom is -0.398 e. The number of anilines is 1. The van der Waals surface area contributed by atoms with E-state index in [9.17, 15) is 4.79 Å². The van der Waals surface area contributed by atoms with Crippen molar-refractivity contribution in [2.45, 2.75) is 45.6 Å². The van der Waals surface area contributed by atoms with Gasteiger partial charge in [0.25, 0.3) is 5.91 Å². The highest BCUT2D eigenvalue weighted by Gasteiger charge is 2.29. The van der Waals surface area contributed by atoms with Gasteiger partial charge < -0.3 is 11.1 Å². The molecule has 0 radical (unpaired) electrons. The van der Waals surface area contributed by atoms with Crippen molar-refractivity contribution in [3.05, 3.63) is 24.0 Å². The highest BCUT2D eigenvalue weighted by Crippen LogP contribution is 2.35. The molecular formula is C14H21N3O. The molecule has 1 aromatic rings. The Morgan fingerprint density at radius 2 is 2.33 bits per heavy atom. The number of pyridine rings is 1. The van der Waals surface area contributed by atoms with Gasteiger partial charge in [-0.1, -0.05) is 20.3 Å². The number of carbonyl (C=O) groups is 1. The van der Waals surface area contributed by atoms with E-state index in [0.29, 0.717) is 16.7 Å². The molecule has 98 valence electrons. The van der Waals surface area contributed by atoms with Crippen LogP contribution in [0.3, 0.4) is 0 Å². The molecule has 0 spiro atoms. The largest absolute Gasteiger partial charge is 0.398 e. The van der Waals surface area contributed by atoms with Gasteiger partial charge in [0, 0.05) is 24.1 Å². The lowest BCUT2D eigenvalue weighted by molar-refractivity contribution is 0.0903. The van der Waals surface area contributed by atoms with Gasteiger partial charge >= 0.3 is 0 Å². The van der Waals surface area contributed by atoms with Crippen LogP contribution < -0.4 is 11.1 Å². The van der Waals surface area contributed by atoms with Gasteiger partial charge in [-0.05, 0) is 30.7 Å². The summed E-state index contributed by atoms with van der Waals surface area (Å²) in [5.74, 6) is -0.108. The van der Waals surface area contributed by atoms with Gasteiger partial charge in [-0.25, -0.2) is 0 Å². The standard InChI is InChI=1S/C14H21N3O/c1-14(2)6-3-4-10(8-14)17-13(18)11-9-16-7-5-12(11)15/h5,7,9-10H,3-4,6,8H2,1-2H3,(H2,15,16)(H,17,18). The van der Waals surface area contributed by atoms with E-state index in [2.05, 4.69) is 24.1 Å². The summed E-state index contributed by atoms with van der Waals surface area (Å²) in [6, 6.07) is 1.90. The van der Waals surface area contributed by atoms with Crippen molar-refractivity contribution in [2.75, 3.05) is 5.73 Å². The highest BCUT2D eigenvalue weighted by molar-refractivity contribution is 5.98. The third-order valence-electron chi connectivity index (χ3n) is 3.64. The molecular weight excluding hydrogens is 226 g/mol. The molecule has 1 fully saturated rings. The second-order valence-corrected chi connectivity index (χ2v) is 5.89. The molecule has 2 rings (SSSR count). The van der Waals surface area contributed by atoms with Crippen LogP contribution in [0.15, 0.2) is 18.5 Å². The van der Waals surface area contributed by atoms with E-state index < -0.39 is 0 Å². The molecule has 1 aliphatic rings. The summed E-state index contributed by atoms with van der Waals surface area (Å²) in [6.45, 7) is 4.51. The Morgan fingerprint density at radius 1 is 1.56 bits per heavy atom. The number of nitrogens with zero attached hydrogens (tertiary/aromatic N) is 1. The highest BCUT2D eigenvalue weighted by atomic mass is 16.1. The molecule has 1 aliphatic carbocycles. The van der Waals surface area contributed by atoms with Crippen LogP contribution in [0.25, 0.3) is 0 Å². The van der Waals surface area contributed by atoms with Crippen LogP contribution in [0, 0.1) is 5.41 Å². The van der Waals surface area contributed by atoms with E-state index in [1.807, 2.05) is 0 Å². The van der Waals surface area contributed by atoms with Crippen molar-refractivity contribution in [2.24, 2.45) is 5.41 Å². The topological polar surface area (TPSA) is 68.0 Å². The molecule has 1 unspecified atom stereocenters. The van der Waals surface area contributed by atoms with Gasteiger partial charge in [-0.15, -0.1) is 0 Å². The Hall–Kier alpha value is -1.58. The number of carbonyl (C=O) groups excluding carboxylic acids is 1. The molecule has 0 aromatic carbocycles. The predicted octanol–water partition coefficient (Wildman–Crippen LogP) is 2.36. The Bertz CT molecular complexity index is 442. The van der Waals surface area contributed by atoms with Crippen LogP contribution in [0.5, 0.6) is 0 Å². The number of nitrogens with one attached hydrogen (secondary N) is 1. The first-order valence-corrected chi connectivity index (χ1v) is 6.48. The van der Waals surface area contributed by atoms with Gasteiger partial charge in [0.15, 0.2) is 0 Å². The SMILES string of the molecule is CC1(C)CCCC(NC(=O)c2cnccc2N)C1. The van der Waals surface area contributed by atoms with Crippen LogP contribution >= 0.6 is 0 Å². The predicted molar refractivity (Wildman–Crippen MR) is 72.2 cm³/mol. The molecule has 0 bridgehead atoms. The first-order chi connectivity index (χ1) is 8.48. The summed E-state index contributed by atoms with van der Waals surface area (Å²) in [5, 5.41) is 3.07. The second-order valence-electron chi connectivity index (χ2n) is 5.89. The van der Waals surface area contributed by atoms with Crippen LogP contribution in [-0.2, 0) is 0 Å². The van der Waals surface area contributed by atoms with E-state index in [4.69, 9.17) is 5.73 Å². The summed E-state index contributed by atoms with van der Waals surface area (Å²) in [4.78, 5) is 16.1. The Labute approximate surface area is 108 Å². The Balaban J connectivity index is 2.02. The maximum Gasteiger partial charge on any atom is 0.255 e. The molecule has 3 N–H and O–H groups in total. The van der Waals surface area contributed by atoms with Crippen molar-refractivity contribution in [3.63, 3.8) is 0 Å². The molecule has 0 saturated heterocycles. The number of hydrogen-bond acceptors (Lipinski definition) is 3. The molecule has 0 aliphatic heterocycles. The van der Waals surface area contributed by atoms with E-state index in [-0.39, 0.29) is 11.9 Å². The van der Waals surface area contributed by atoms with E-state index in [1.165, 1.54) is 19.0 Å². The van der Waals surface area contributed by atoms with Gasteiger partial charge in [-0.2, -0.15) is 0 Å². The summed E-state index contributed by atoms with van der Waals surface area (Å²) >= 11 is 0. The van der Waals surface area contributed by atoms with Crippen molar-refractivity contribution < 1.29 is 4.79 Å². The van der Waals surface area contributed by atoms with Crippen LogP contribution in [0.1, 0.15) is 49.9 Å². The van der Waals surface area contributed by atoms with Crippen LogP contribution in [0.4, 0.5) is 5.69 Å². The third-order valence-corrected chi connectivity index (χ3v) is 3.64. The number of nitrogens with two attached hydrogens (primary N) is 1. The van der Waals surface area contributed by atoms with E-state index >= 15 is 0 Å². The molecule has 4 nitrogen and oxygen atoms in total. The molecule has 4 heteroatoms. The van der Waals surface area contributed by atoms with Crippen molar-refractivity contribution in [1.82, 2.24) is 10.3 Å². The lowest BCUT2D eigenvalue weighted by atomic mass is 9.75. The summed E-state index contributed by atoms with van der Waals surface area (Å²) in [6.07, 6.45) is 7.59. The van der Waals surface area contributed by atoms with Crippen LogP contribution in [-0.4, -0.2) is 16.9 Å². The minimum atomic E-state index is -0.108. The van der Waals surface area contributed by atoms with Crippen molar-refractivity contribution >= 4 is 11.6 Å². The first-order valence-electron chi connectivity index (χ1n) is 6.48. The normalized spacial score (nSPS) is 22.4. The molecule has 1 atom stereocenters. The summed E-state index contributed by atoms with van der Waals surface area (Å²) < 4.78 is 0. The monoisotopic (exact) mass is 247 g/mol. The summed E-state index contributed by atoms with van der Waals surface area (Å²) in [7, 11) is 0. The lowest BCUT2D eigenvalue weighted by Crippen LogP contribution is -2.40. The van der Waals surface area contributed by atoms with Crippen molar-refractivity contribution in [3.8, 4) is 0 Å². The smallest absolute Gasteiger partial charge is 0.255 e. The molecule has 1 heterocycles. The fourth-order valence-corrected chi connectivity index (χ4v) is 2.68. The maximum absolute atomic E-state index is 12.1. The molecule has 18 heavy (non-hydrogen) atoms. The Kier molecular flexibility index (Phi) is 3.55. The van der Waals surface area contributed by atoms with Crippen LogP contribution in [0.2, 0.25) is 0 Å². The second kappa shape index (κ2) is 4.96. The quantitative estimate of drug-likeness (QED) is 0.843. The average molecular weight is 247 g/mol. The van der Waals surface area contributed by atoms with Crippen molar-refractivity contribution in [1.29, 1.82) is 0 Å². The number of hydrogen-bond donors (Lipinski definition) is 2. The van der Waals surface area contributed by atoms with E-state index in [0.717, 1.165) is 12.8 Å². The molecule has 1 amide bonds. The van der Waals surface area contributed by atoms with Gasteiger partial charge in [0.2, 0.25) is 0 Å². The molecule has 1 aromatic heterocycles. The van der Waals surface area contributed by atoms with Gasteiger partial charge in [0.1, 0.15) is 0 Å². The number of nitrogen functional groups attached to an aromatic ring is 1. The third kappa shape index (κ3) is 3.00. The summed E-state index contributed by atoms with van der Waals surface area (Å²) in [5.41, 5.74) is 7.05. The molecule has 1 saturated carbocycles. The Morgan fingerprint density at radius 3 is 3.00 bits per heavy atom. The first kappa shape index (κ1) is 12.9. The fourth-order valence-electron chi connectivity index (χ4n) is 2.68. The van der Waals surface area contributed by atoms with Gasteiger partial charge in [0.05, 0.1) is 5.56 Å². The minimum absolute atomic E-state index is 0.108. The fraction of sp³-hybridized carbons (Fsp3) is 0.571. The average Bonchev–Trinajstić information content (AvgIpc) is 2.28. The zero-order valence-electron chi connectivity index (χ0n) is 11.1.